The summed E-state index contributed by atoms with van der Waals surface area (Å²) in [7, 11) is 0. The summed E-state index contributed by atoms with van der Waals surface area (Å²) in [6, 6.07) is 2.96. The molecule has 1 fully saturated rings. The quantitative estimate of drug-likeness (QED) is 0.674. The highest BCUT2D eigenvalue weighted by atomic mass is 19.3. The van der Waals surface area contributed by atoms with E-state index >= 15 is 0 Å². The molecule has 1 aromatic carbocycles. The number of alkyl halides is 2. The van der Waals surface area contributed by atoms with Gasteiger partial charge in [0.25, 0.3) is 5.92 Å². The van der Waals surface area contributed by atoms with E-state index in [4.69, 9.17) is 0 Å². The van der Waals surface area contributed by atoms with Crippen molar-refractivity contribution < 1.29 is 13.2 Å². The van der Waals surface area contributed by atoms with Crippen molar-refractivity contribution in [1.82, 2.24) is 0 Å². The Morgan fingerprint density at radius 2 is 1.79 bits per heavy atom. The lowest BCUT2D eigenvalue weighted by Crippen LogP contribution is -2.30. The second-order valence-electron chi connectivity index (χ2n) is 6.11. The van der Waals surface area contributed by atoms with Gasteiger partial charge in [-0.1, -0.05) is 25.3 Å². The monoisotopic (exact) mass is 268 g/mol. The summed E-state index contributed by atoms with van der Waals surface area (Å²) in [5, 5.41) is 0. The highest BCUT2D eigenvalue weighted by Gasteiger charge is 2.53. The number of halogens is 3. The number of hydrogen-bond donors (Lipinski definition) is 0. The molecular weight excluding hydrogens is 249 g/mol. The molecule has 0 bridgehead atoms. The summed E-state index contributed by atoms with van der Waals surface area (Å²) in [6.45, 7) is 1.76. The molecule has 0 spiro atoms. The van der Waals surface area contributed by atoms with E-state index in [1.807, 2.05) is 0 Å². The average Bonchev–Trinajstić information content (AvgIpc) is 2.61. The van der Waals surface area contributed by atoms with Crippen LogP contribution in [0.5, 0.6) is 0 Å². The number of benzene rings is 1. The minimum absolute atomic E-state index is 0.0517. The summed E-state index contributed by atoms with van der Waals surface area (Å²) >= 11 is 0. The molecule has 19 heavy (non-hydrogen) atoms. The van der Waals surface area contributed by atoms with Gasteiger partial charge in [0.05, 0.1) is 5.56 Å². The largest absolute Gasteiger partial charge is 0.279 e. The lowest BCUT2D eigenvalue weighted by atomic mass is 9.77. The van der Waals surface area contributed by atoms with Crippen molar-refractivity contribution in [2.75, 3.05) is 0 Å². The third-order valence-electron chi connectivity index (χ3n) is 4.77. The molecular formula is C16H19F3. The van der Waals surface area contributed by atoms with E-state index in [1.165, 1.54) is 6.07 Å². The van der Waals surface area contributed by atoms with Crippen LogP contribution in [-0.4, -0.2) is 0 Å². The topological polar surface area (TPSA) is 0 Å². The van der Waals surface area contributed by atoms with Gasteiger partial charge in [0.1, 0.15) is 5.82 Å². The Morgan fingerprint density at radius 3 is 2.47 bits per heavy atom. The minimum Gasteiger partial charge on any atom is -0.206 e. The van der Waals surface area contributed by atoms with E-state index in [0.29, 0.717) is 12.0 Å². The predicted molar refractivity (Wildman–Crippen MR) is 68.8 cm³/mol. The molecule has 1 unspecified atom stereocenters. The van der Waals surface area contributed by atoms with Gasteiger partial charge >= 0.3 is 0 Å². The van der Waals surface area contributed by atoms with Crippen LogP contribution in [0.1, 0.15) is 48.8 Å². The van der Waals surface area contributed by atoms with E-state index in [-0.39, 0.29) is 11.5 Å². The van der Waals surface area contributed by atoms with E-state index in [0.717, 1.165) is 37.7 Å². The molecule has 0 aliphatic heterocycles. The van der Waals surface area contributed by atoms with Crippen LogP contribution >= 0.6 is 0 Å². The molecule has 0 radical (unpaired) electrons. The van der Waals surface area contributed by atoms with Gasteiger partial charge in [-0.3, -0.25) is 0 Å². The van der Waals surface area contributed by atoms with Gasteiger partial charge in [-0.25, -0.2) is 13.2 Å². The van der Waals surface area contributed by atoms with Crippen LogP contribution in [0.4, 0.5) is 13.2 Å². The first-order valence-corrected chi connectivity index (χ1v) is 7.17. The van der Waals surface area contributed by atoms with Gasteiger partial charge in [-0.05, 0) is 49.3 Å². The highest BCUT2D eigenvalue weighted by molar-refractivity contribution is 5.41. The summed E-state index contributed by atoms with van der Waals surface area (Å²) < 4.78 is 43.0. The van der Waals surface area contributed by atoms with Crippen LogP contribution in [0.15, 0.2) is 12.1 Å². The molecule has 2 aliphatic carbocycles. The maximum atomic E-state index is 14.5. The van der Waals surface area contributed by atoms with E-state index in [2.05, 4.69) is 0 Å². The Labute approximate surface area is 112 Å². The van der Waals surface area contributed by atoms with Gasteiger partial charge in [-0.15, -0.1) is 0 Å². The molecule has 3 rings (SSSR count). The van der Waals surface area contributed by atoms with Crippen LogP contribution in [-0.2, 0) is 12.3 Å². The van der Waals surface area contributed by atoms with E-state index in [1.54, 1.807) is 13.0 Å². The van der Waals surface area contributed by atoms with Gasteiger partial charge in [-0.2, -0.15) is 0 Å². The molecule has 0 N–H and O–H groups in total. The molecule has 1 aromatic rings. The molecule has 0 saturated heterocycles. The third-order valence-corrected chi connectivity index (χ3v) is 4.77. The standard InChI is InChI=1S/C16H19F3/c1-10-7-12-9-13(11-5-3-2-4-6-11)16(18,19)15(12)14(17)8-10/h7-8,11,13H,2-6,9H2,1H3. The maximum absolute atomic E-state index is 14.5. The molecule has 0 amide bonds. The van der Waals surface area contributed by atoms with Crippen molar-refractivity contribution in [1.29, 1.82) is 0 Å². The number of hydrogen-bond acceptors (Lipinski definition) is 0. The molecule has 1 saturated carbocycles. The Kier molecular flexibility index (Phi) is 3.11. The highest BCUT2D eigenvalue weighted by Crippen LogP contribution is 2.52. The fourth-order valence-corrected chi connectivity index (χ4v) is 3.90. The van der Waals surface area contributed by atoms with Gasteiger partial charge in [0.2, 0.25) is 0 Å². The fraction of sp³-hybridized carbons (Fsp3) is 0.625. The van der Waals surface area contributed by atoms with Crippen molar-refractivity contribution in [3.8, 4) is 0 Å². The average molecular weight is 268 g/mol. The lowest BCUT2D eigenvalue weighted by molar-refractivity contribution is -0.0819. The SMILES string of the molecule is Cc1cc(F)c2c(c1)CC(C1CCCCC1)C2(F)F. The van der Waals surface area contributed by atoms with E-state index < -0.39 is 17.7 Å². The third kappa shape index (κ3) is 2.07. The van der Waals surface area contributed by atoms with Crippen molar-refractivity contribution in [2.24, 2.45) is 11.8 Å². The molecule has 1 atom stereocenters. The Bertz CT molecular complexity index is 487. The number of fused-ring (bicyclic) bond motifs is 1. The smallest absolute Gasteiger partial charge is 0.206 e. The summed E-state index contributed by atoms with van der Waals surface area (Å²) in [5.41, 5.74) is 0.933. The molecule has 104 valence electrons. The first-order valence-electron chi connectivity index (χ1n) is 7.17. The lowest BCUT2D eigenvalue weighted by Gasteiger charge is -2.31. The normalized spacial score (nSPS) is 26.4. The summed E-state index contributed by atoms with van der Waals surface area (Å²) in [4.78, 5) is 0. The first kappa shape index (κ1) is 13.0. The molecule has 0 nitrogen and oxygen atoms in total. The second kappa shape index (κ2) is 4.53. The second-order valence-corrected chi connectivity index (χ2v) is 6.11. The van der Waals surface area contributed by atoms with Crippen LogP contribution in [0.25, 0.3) is 0 Å². The zero-order valence-electron chi connectivity index (χ0n) is 11.2. The zero-order chi connectivity index (χ0) is 13.6. The fourth-order valence-electron chi connectivity index (χ4n) is 3.90. The number of aryl methyl sites for hydroxylation is 1. The Hall–Kier alpha value is -0.990. The van der Waals surface area contributed by atoms with Crippen molar-refractivity contribution >= 4 is 0 Å². The van der Waals surface area contributed by atoms with E-state index in [9.17, 15) is 13.2 Å². The van der Waals surface area contributed by atoms with Crippen molar-refractivity contribution in [2.45, 2.75) is 51.4 Å². The van der Waals surface area contributed by atoms with Gasteiger partial charge in [0, 0.05) is 5.92 Å². The Balaban J connectivity index is 1.97. The van der Waals surface area contributed by atoms with Gasteiger partial charge < -0.3 is 0 Å². The van der Waals surface area contributed by atoms with Crippen LogP contribution in [0, 0.1) is 24.6 Å². The summed E-state index contributed by atoms with van der Waals surface area (Å²) in [6.07, 6.45) is 5.30. The number of rotatable bonds is 1. The minimum atomic E-state index is -2.99. The van der Waals surface area contributed by atoms with Crippen molar-refractivity contribution in [3.05, 3.63) is 34.6 Å². The molecule has 0 aromatic heterocycles. The first-order chi connectivity index (χ1) is 9.00. The predicted octanol–water partition coefficient (Wildman–Crippen LogP) is 4.98. The maximum Gasteiger partial charge on any atom is 0.279 e. The van der Waals surface area contributed by atoms with Crippen LogP contribution < -0.4 is 0 Å². The Morgan fingerprint density at radius 1 is 1.11 bits per heavy atom. The zero-order valence-corrected chi connectivity index (χ0v) is 11.2. The van der Waals surface area contributed by atoms with Gasteiger partial charge in [0.15, 0.2) is 0 Å². The molecule has 2 aliphatic rings. The molecule has 3 heteroatoms. The van der Waals surface area contributed by atoms with Crippen molar-refractivity contribution in [3.63, 3.8) is 0 Å². The molecule has 0 heterocycles. The van der Waals surface area contributed by atoms with Crippen LogP contribution in [0.2, 0.25) is 0 Å². The summed E-state index contributed by atoms with van der Waals surface area (Å²) in [5.74, 6) is -4.36. The van der Waals surface area contributed by atoms with Crippen LogP contribution in [0.3, 0.4) is 0 Å².